The second-order valence-corrected chi connectivity index (χ2v) is 10.4. The van der Waals surface area contributed by atoms with Crippen LogP contribution in [-0.4, -0.2) is 62.8 Å². The van der Waals surface area contributed by atoms with Gasteiger partial charge in [-0.3, -0.25) is 4.79 Å². The number of rotatable bonds is 12. The second-order valence-electron chi connectivity index (χ2n) is 10.4. The standard InChI is InChI=1S/C33H41F3N4O3/c1-4-25-22-39(32(41)28-13-12-26(42-5-2)20-29(28)33(34,35)36)17-18-40(25)30-14-11-23(19-24(30)21-38-16-15-37)27-9-7-8-10-31(27)43-6-3/h7-14,19-20,25,38H,4-6,15-18,21-22,37H2,1-3H3. The van der Waals surface area contributed by atoms with Gasteiger partial charge in [-0.2, -0.15) is 13.2 Å². The van der Waals surface area contributed by atoms with Crippen molar-refractivity contribution in [1.82, 2.24) is 10.2 Å². The van der Waals surface area contributed by atoms with Crippen molar-refractivity contribution < 1.29 is 27.4 Å². The van der Waals surface area contributed by atoms with Crippen molar-refractivity contribution in [3.05, 3.63) is 77.4 Å². The second kappa shape index (κ2) is 14.6. The van der Waals surface area contributed by atoms with E-state index in [0.29, 0.717) is 52.3 Å². The average molecular weight is 599 g/mol. The van der Waals surface area contributed by atoms with Gasteiger partial charge in [0.2, 0.25) is 0 Å². The highest BCUT2D eigenvalue weighted by Gasteiger charge is 2.38. The highest BCUT2D eigenvalue weighted by molar-refractivity contribution is 5.96. The molecule has 1 fully saturated rings. The number of ether oxygens (including phenoxy) is 2. The average Bonchev–Trinajstić information content (AvgIpc) is 3.01. The molecular formula is C33H41F3N4O3. The summed E-state index contributed by atoms with van der Waals surface area (Å²) < 4.78 is 53.0. The van der Waals surface area contributed by atoms with Gasteiger partial charge >= 0.3 is 6.18 Å². The zero-order chi connectivity index (χ0) is 31.0. The first-order valence-corrected chi connectivity index (χ1v) is 14.9. The Labute approximate surface area is 251 Å². The van der Waals surface area contributed by atoms with Crippen LogP contribution in [0.25, 0.3) is 11.1 Å². The number of benzene rings is 3. The lowest BCUT2D eigenvalue weighted by molar-refractivity contribution is -0.138. The molecule has 43 heavy (non-hydrogen) atoms. The van der Waals surface area contributed by atoms with E-state index < -0.39 is 17.6 Å². The van der Waals surface area contributed by atoms with Crippen LogP contribution >= 0.6 is 0 Å². The molecule has 1 heterocycles. The van der Waals surface area contributed by atoms with Gasteiger partial charge in [-0.05, 0) is 67.8 Å². The molecule has 0 spiro atoms. The number of para-hydroxylation sites is 1. The molecule has 232 valence electrons. The predicted molar refractivity (Wildman–Crippen MR) is 164 cm³/mol. The Morgan fingerprint density at radius 2 is 1.77 bits per heavy atom. The van der Waals surface area contributed by atoms with Crippen molar-refractivity contribution in [3.8, 4) is 22.6 Å². The Morgan fingerprint density at radius 1 is 1.00 bits per heavy atom. The third-order valence-electron chi connectivity index (χ3n) is 7.60. The van der Waals surface area contributed by atoms with Gasteiger partial charge in [0.15, 0.2) is 0 Å². The lowest BCUT2D eigenvalue weighted by Crippen LogP contribution is -2.55. The molecule has 4 rings (SSSR count). The van der Waals surface area contributed by atoms with Crippen molar-refractivity contribution in [2.24, 2.45) is 5.73 Å². The molecule has 1 aliphatic rings. The number of halogens is 3. The largest absolute Gasteiger partial charge is 0.494 e. The van der Waals surface area contributed by atoms with Crippen molar-refractivity contribution >= 4 is 11.6 Å². The monoisotopic (exact) mass is 598 g/mol. The minimum Gasteiger partial charge on any atom is -0.494 e. The van der Waals surface area contributed by atoms with Crippen LogP contribution in [-0.2, 0) is 12.7 Å². The van der Waals surface area contributed by atoms with Crippen LogP contribution in [0.1, 0.15) is 48.7 Å². The first kappa shape index (κ1) is 32.2. The van der Waals surface area contributed by atoms with Gasteiger partial charge in [-0.15, -0.1) is 0 Å². The fourth-order valence-corrected chi connectivity index (χ4v) is 5.56. The SMILES string of the molecule is CCOc1ccc(C(=O)N2CCN(c3ccc(-c4ccccc4OCC)cc3CNCCN)C(CC)C2)c(C(F)(F)F)c1. The number of carbonyl (C=O) groups is 1. The summed E-state index contributed by atoms with van der Waals surface area (Å²) in [5.41, 5.74) is 8.52. The van der Waals surface area contributed by atoms with Crippen LogP contribution in [0.3, 0.4) is 0 Å². The predicted octanol–water partition coefficient (Wildman–Crippen LogP) is 5.96. The number of carbonyl (C=O) groups excluding carboxylic acids is 1. The third-order valence-corrected chi connectivity index (χ3v) is 7.60. The highest BCUT2D eigenvalue weighted by atomic mass is 19.4. The van der Waals surface area contributed by atoms with Crippen molar-refractivity contribution in [2.75, 3.05) is 50.8 Å². The fourth-order valence-electron chi connectivity index (χ4n) is 5.56. The molecule has 0 saturated carbocycles. The van der Waals surface area contributed by atoms with Gasteiger partial charge in [0.1, 0.15) is 11.5 Å². The number of piperazine rings is 1. The summed E-state index contributed by atoms with van der Waals surface area (Å²) in [6.45, 7) is 9.32. The Kier molecular flexibility index (Phi) is 10.9. The molecule has 3 N–H and O–H groups in total. The molecular weight excluding hydrogens is 557 g/mol. The number of hydrogen-bond acceptors (Lipinski definition) is 6. The normalized spacial score (nSPS) is 15.5. The van der Waals surface area contributed by atoms with E-state index in [1.807, 2.05) is 38.1 Å². The molecule has 0 radical (unpaired) electrons. The maximum absolute atomic E-state index is 14.0. The van der Waals surface area contributed by atoms with Crippen LogP contribution < -0.4 is 25.4 Å². The first-order chi connectivity index (χ1) is 20.7. The van der Waals surface area contributed by atoms with Crippen LogP contribution in [0.5, 0.6) is 11.5 Å². The molecule has 3 aromatic carbocycles. The maximum Gasteiger partial charge on any atom is 0.417 e. The summed E-state index contributed by atoms with van der Waals surface area (Å²) in [5, 5.41) is 3.40. The lowest BCUT2D eigenvalue weighted by Gasteiger charge is -2.43. The van der Waals surface area contributed by atoms with Crippen molar-refractivity contribution in [2.45, 2.75) is 46.0 Å². The number of alkyl halides is 3. The highest BCUT2D eigenvalue weighted by Crippen LogP contribution is 2.37. The van der Waals surface area contributed by atoms with E-state index in [2.05, 4.69) is 28.4 Å². The van der Waals surface area contributed by atoms with E-state index in [0.717, 1.165) is 34.2 Å². The van der Waals surface area contributed by atoms with Crippen molar-refractivity contribution in [1.29, 1.82) is 0 Å². The summed E-state index contributed by atoms with van der Waals surface area (Å²) in [6.07, 6.45) is -3.97. The fraction of sp³-hybridized carbons (Fsp3) is 0.424. The Morgan fingerprint density at radius 3 is 2.47 bits per heavy atom. The van der Waals surface area contributed by atoms with E-state index in [-0.39, 0.29) is 24.0 Å². The van der Waals surface area contributed by atoms with Gasteiger partial charge in [0.05, 0.1) is 24.3 Å². The number of amides is 1. The topological polar surface area (TPSA) is 80.1 Å². The summed E-state index contributed by atoms with van der Waals surface area (Å²) >= 11 is 0. The Hall–Kier alpha value is -3.76. The summed E-state index contributed by atoms with van der Waals surface area (Å²) in [7, 11) is 0. The van der Waals surface area contributed by atoms with Crippen LogP contribution in [0.15, 0.2) is 60.7 Å². The maximum atomic E-state index is 14.0. The Bertz CT molecular complexity index is 1380. The summed E-state index contributed by atoms with van der Waals surface area (Å²) in [4.78, 5) is 17.3. The molecule has 0 bridgehead atoms. The van der Waals surface area contributed by atoms with Gasteiger partial charge in [0, 0.05) is 56.6 Å². The van der Waals surface area contributed by atoms with E-state index >= 15 is 0 Å². The van der Waals surface area contributed by atoms with Gasteiger partial charge < -0.3 is 30.3 Å². The first-order valence-electron chi connectivity index (χ1n) is 14.9. The third kappa shape index (κ3) is 7.61. The zero-order valence-electron chi connectivity index (χ0n) is 25.0. The lowest BCUT2D eigenvalue weighted by atomic mass is 9.98. The molecule has 10 heteroatoms. The van der Waals surface area contributed by atoms with E-state index in [1.165, 1.54) is 17.0 Å². The smallest absolute Gasteiger partial charge is 0.417 e. The van der Waals surface area contributed by atoms with Gasteiger partial charge in [-0.25, -0.2) is 0 Å². The number of nitrogens with zero attached hydrogens (tertiary/aromatic N) is 2. The molecule has 1 saturated heterocycles. The molecule has 1 atom stereocenters. The van der Waals surface area contributed by atoms with E-state index in [9.17, 15) is 18.0 Å². The number of nitrogens with two attached hydrogens (primary N) is 1. The van der Waals surface area contributed by atoms with Crippen LogP contribution in [0.4, 0.5) is 18.9 Å². The van der Waals surface area contributed by atoms with Crippen LogP contribution in [0.2, 0.25) is 0 Å². The molecule has 1 unspecified atom stereocenters. The minimum absolute atomic E-state index is 0.0791. The molecule has 7 nitrogen and oxygen atoms in total. The van der Waals surface area contributed by atoms with Gasteiger partial charge in [-0.1, -0.05) is 31.2 Å². The number of hydrogen-bond donors (Lipinski definition) is 2. The van der Waals surface area contributed by atoms with E-state index in [1.54, 1.807) is 6.92 Å². The Balaban J connectivity index is 1.62. The molecule has 0 aliphatic carbocycles. The minimum atomic E-state index is -4.68. The van der Waals surface area contributed by atoms with Crippen molar-refractivity contribution in [3.63, 3.8) is 0 Å². The number of nitrogens with one attached hydrogen (secondary N) is 1. The molecule has 0 aromatic heterocycles. The molecule has 1 amide bonds. The van der Waals surface area contributed by atoms with E-state index in [4.69, 9.17) is 15.2 Å². The zero-order valence-corrected chi connectivity index (χ0v) is 25.0. The molecule has 1 aliphatic heterocycles. The molecule has 3 aromatic rings. The quantitative estimate of drug-likeness (QED) is 0.251. The van der Waals surface area contributed by atoms with Crippen LogP contribution in [0, 0.1) is 0 Å². The summed E-state index contributed by atoms with van der Waals surface area (Å²) in [6, 6.07) is 17.7. The number of anilines is 1. The summed E-state index contributed by atoms with van der Waals surface area (Å²) in [5.74, 6) is 0.275. The van der Waals surface area contributed by atoms with Gasteiger partial charge in [0.25, 0.3) is 5.91 Å².